The fourth-order valence-electron chi connectivity index (χ4n) is 3.58. The number of aromatic nitrogens is 1. The van der Waals surface area contributed by atoms with Crippen LogP contribution in [0.15, 0.2) is 60.8 Å². The average Bonchev–Trinajstić information content (AvgIpc) is 2.85. The Morgan fingerprint density at radius 1 is 1.09 bits per heavy atom. The molecule has 0 unspecified atom stereocenters. The molecule has 1 aliphatic heterocycles. The van der Waals surface area contributed by atoms with Crippen molar-refractivity contribution in [2.45, 2.75) is 12.1 Å². The first-order chi connectivity index (χ1) is 15.3. The summed E-state index contributed by atoms with van der Waals surface area (Å²) in [5.41, 5.74) is 1.11. The lowest BCUT2D eigenvalue weighted by Crippen LogP contribution is -2.44. The first kappa shape index (κ1) is 22.5. The molecule has 0 radical (unpaired) electrons. The molecule has 3 aromatic rings. The molecule has 0 saturated carbocycles. The zero-order valence-electron chi connectivity index (χ0n) is 16.1. The Morgan fingerprint density at radius 3 is 2.44 bits per heavy atom. The molecule has 1 aliphatic rings. The number of benzene rings is 2. The normalized spacial score (nSPS) is 16.7. The molecular weight excluding hydrogens is 568 g/mol. The summed E-state index contributed by atoms with van der Waals surface area (Å²) in [6.45, 7) is 0. The van der Waals surface area contributed by atoms with Crippen LogP contribution in [-0.2, 0) is 9.59 Å². The fraction of sp³-hybridized carbons (Fsp3) is 0.0909. The number of halogens is 3. The van der Waals surface area contributed by atoms with Gasteiger partial charge in [0.2, 0.25) is 0 Å². The van der Waals surface area contributed by atoms with Crippen LogP contribution in [0.5, 0.6) is 0 Å². The molecule has 7 nitrogen and oxygen atoms in total. The molecule has 2 heterocycles. The smallest absolute Gasteiger partial charge is 0.331 e. The summed E-state index contributed by atoms with van der Waals surface area (Å²) in [6, 6.07) is 11.5. The van der Waals surface area contributed by atoms with Crippen molar-refractivity contribution >= 4 is 69.3 Å². The van der Waals surface area contributed by atoms with Crippen molar-refractivity contribution in [3.63, 3.8) is 0 Å². The summed E-state index contributed by atoms with van der Waals surface area (Å²) >= 11 is 13.9. The SMILES string of the molecule is O=C(O)[C@H](c1ccc(Cl)nc1)N1C(=O)c2cc(I)ccc2NC(=O)[C@@H]1c1ccc(Cl)cc1. The van der Waals surface area contributed by atoms with Crippen molar-refractivity contribution < 1.29 is 19.5 Å². The van der Waals surface area contributed by atoms with Crippen LogP contribution in [0.25, 0.3) is 0 Å². The number of amides is 2. The van der Waals surface area contributed by atoms with Gasteiger partial charge in [0, 0.05) is 20.4 Å². The number of pyridine rings is 1. The molecule has 2 aromatic carbocycles. The minimum absolute atomic E-state index is 0.173. The number of nitrogens with one attached hydrogen (secondary N) is 1. The second-order valence-corrected chi connectivity index (χ2v) is 9.07. The Hall–Kier alpha value is -2.69. The number of anilines is 1. The number of hydrogen-bond donors (Lipinski definition) is 2. The van der Waals surface area contributed by atoms with Crippen LogP contribution in [0.4, 0.5) is 5.69 Å². The minimum Gasteiger partial charge on any atom is -0.479 e. The third-order valence-corrected chi connectivity index (χ3v) is 6.14. The molecule has 10 heteroatoms. The Bertz CT molecular complexity index is 1220. The second-order valence-electron chi connectivity index (χ2n) is 7.00. The van der Waals surface area contributed by atoms with E-state index in [1.54, 1.807) is 42.5 Å². The average molecular weight is 582 g/mol. The lowest BCUT2D eigenvalue weighted by atomic mass is 9.98. The topological polar surface area (TPSA) is 99.6 Å². The molecule has 0 bridgehead atoms. The molecule has 1 aromatic heterocycles. The van der Waals surface area contributed by atoms with E-state index in [2.05, 4.69) is 10.3 Å². The van der Waals surface area contributed by atoms with Gasteiger partial charge in [0.25, 0.3) is 11.8 Å². The zero-order chi connectivity index (χ0) is 23.0. The lowest BCUT2D eigenvalue weighted by molar-refractivity contribution is -0.144. The number of nitrogens with zero attached hydrogens (tertiary/aromatic N) is 2. The maximum absolute atomic E-state index is 13.8. The van der Waals surface area contributed by atoms with Gasteiger partial charge in [-0.25, -0.2) is 9.78 Å². The van der Waals surface area contributed by atoms with Gasteiger partial charge >= 0.3 is 5.97 Å². The summed E-state index contributed by atoms with van der Waals surface area (Å²) in [5.74, 6) is -2.48. The number of fused-ring (bicyclic) bond motifs is 1. The molecule has 2 atom stereocenters. The number of hydrogen-bond acceptors (Lipinski definition) is 4. The van der Waals surface area contributed by atoms with Gasteiger partial charge in [-0.1, -0.05) is 41.4 Å². The Morgan fingerprint density at radius 2 is 1.81 bits per heavy atom. The Kier molecular flexibility index (Phi) is 6.36. The number of aliphatic carboxylic acids is 1. The maximum atomic E-state index is 13.8. The van der Waals surface area contributed by atoms with E-state index in [0.717, 1.165) is 8.47 Å². The summed E-state index contributed by atoms with van der Waals surface area (Å²) in [4.78, 5) is 44.6. The number of carboxylic acid groups (broad SMARTS) is 1. The van der Waals surface area contributed by atoms with E-state index < -0.39 is 29.9 Å². The number of rotatable bonds is 4. The summed E-state index contributed by atoms with van der Waals surface area (Å²) < 4.78 is 0.758. The van der Waals surface area contributed by atoms with Gasteiger partial charge < -0.3 is 15.3 Å². The monoisotopic (exact) mass is 581 g/mol. The highest BCUT2D eigenvalue weighted by Gasteiger charge is 2.44. The van der Waals surface area contributed by atoms with E-state index in [4.69, 9.17) is 23.2 Å². The van der Waals surface area contributed by atoms with E-state index >= 15 is 0 Å². The molecule has 2 N–H and O–H groups in total. The summed E-state index contributed by atoms with van der Waals surface area (Å²) in [5, 5.41) is 13.5. The van der Waals surface area contributed by atoms with Gasteiger partial charge in [0.15, 0.2) is 6.04 Å². The molecule has 0 saturated heterocycles. The van der Waals surface area contributed by atoms with Crippen molar-refractivity contribution in [3.8, 4) is 0 Å². The second kappa shape index (κ2) is 9.05. The van der Waals surface area contributed by atoms with E-state index in [0.29, 0.717) is 16.3 Å². The largest absolute Gasteiger partial charge is 0.479 e. The number of carbonyl (C=O) groups excluding carboxylic acids is 2. The van der Waals surface area contributed by atoms with Gasteiger partial charge in [0.1, 0.15) is 11.2 Å². The number of carbonyl (C=O) groups is 3. The Labute approximate surface area is 206 Å². The molecule has 0 fully saturated rings. The number of carboxylic acids is 1. The third-order valence-electron chi connectivity index (χ3n) is 4.99. The van der Waals surface area contributed by atoms with E-state index in [-0.39, 0.29) is 16.3 Å². The van der Waals surface area contributed by atoms with E-state index in [9.17, 15) is 19.5 Å². The van der Waals surface area contributed by atoms with Crippen molar-refractivity contribution in [3.05, 3.63) is 91.2 Å². The predicted molar refractivity (Wildman–Crippen MR) is 128 cm³/mol. The van der Waals surface area contributed by atoms with Crippen molar-refractivity contribution in [2.75, 3.05) is 5.32 Å². The zero-order valence-corrected chi connectivity index (χ0v) is 19.8. The first-order valence-corrected chi connectivity index (χ1v) is 11.1. The molecule has 2 amide bonds. The third kappa shape index (κ3) is 4.30. The molecule has 32 heavy (non-hydrogen) atoms. The van der Waals surface area contributed by atoms with Crippen molar-refractivity contribution in [1.29, 1.82) is 0 Å². The maximum Gasteiger partial charge on any atom is 0.331 e. The highest BCUT2D eigenvalue weighted by atomic mass is 127. The van der Waals surface area contributed by atoms with E-state index in [1.165, 1.54) is 18.3 Å². The van der Waals surface area contributed by atoms with E-state index in [1.807, 2.05) is 22.6 Å². The summed E-state index contributed by atoms with van der Waals surface area (Å²) in [6.07, 6.45) is 1.28. The first-order valence-electron chi connectivity index (χ1n) is 9.29. The molecular formula is C22H14Cl2IN3O4. The van der Waals surface area contributed by atoms with Crippen LogP contribution in [-0.4, -0.2) is 32.8 Å². The fourth-order valence-corrected chi connectivity index (χ4v) is 4.31. The van der Waals surface area contributed by atoms with Crippen LogP contribution < -0.4 is 5.32 Å². The molecule has 0 spiro atoms. The van der Waals surface area contributed by atoms with Crippen LogP contribution in [0.2, 0.25) is 10.2 Å². The van der Waals surface area contributed by atoms with Gasteiger partial charge in [-0.15, -0.1) is 0 Å². The van der Waals surface area contributed by atoms with Crippen molar-refractivity contribution in [1.82, 2.24) is 9.88 Å². The van der Waals surface area contributed by atoms with Crippen LogP contribution in [0, 0.1) is 3.57 Å². The Balaban J connectivity index is 1.95. The van der Waals surface area contributed by atoms with Gasteiger partial charge in [-0.2, -0.15) is 0 Å². The van der Waals surface area contributed by atoms with Crippen LogP contribution >= 0.6 is 45.8 Å². The highest BCUT2D eigenvalue weighted by molar-refractivity contribution is 14.1. The summed E-state index contributed by atoms with van der Waals surface area (Å²) in [7, 11) is 0. The highest BCUT2D eigenvalue weighted by Crippen LogP contribution is 2.38. The predicted octanol–water partition coefficient (Wildman–Crippen LogP) is 4.95. The quantitative estimate of drug-likeness (QED) is 0.335. The van der Waals surface area contributed by atoms with Gasteiger partial charge in [-0.3, -0.25) is 9.59 Å². The molecule has 0 aliphatic carbocycles. The van der Waals surface area contributed by atoms with Crippen molar-refractivity contribution in [2.24, 2.45) is 0 Å². The van der Waals surface area contributed by atoms with Gasteiger partial charge in [0.05, 0.1) is 11.3 Å². The standard InChI is InChI=1S/C22H14Cl2IN3O4/c23-13-4-1-11(2-5-13)18-20(29)27-16-7-6-14(25)9-15(16)21(30)28(18)19(22(31)32)12-3-8-17(24)26-10-12/h1-10,18-19H,(H,27,29)(H,31,32)/t18-,19-/m0/s1. The van der Waals surface area contributed by atoms with Gasteiger partial charge in [-0.05, 0) is 64.6 Å². The van der Waals surface area contributed by atoms with Crippen LogP contribution in [0.1, 0.15) is 33.6 Å². The molecule has 4 rings (SSSR count). The van der Waals surface area contributed by atoms with Crippen LogP contribution in [0.3, 0.4) is 0 Å². The minimum atomic E-state index is -1.50. The molecule has 162 valence electrons. The lowest BCUT2D eigenvalue weighted by Gasteiger charge is -2.34.